The second-order valence-electron chi connectivity index (χ2n) is 3.66. The minimum Gasteiger partial charge on any atom is -0.366 e. The summed E-state index contributed by atoms with van der Waals surface area (Å²) in [7, 11) is 0. The highest BCUT2D eigenvalue weighted by atomic mass is 16.1. The number of carbonyl (C=O) groups is 1. The van der Waals surface area contributed by atoms with Crippen LogP contribution in [0.1, 0.15) is 21.7 Å². The van der Waals surface area contributed by atoms with Crippen molar-refractivity contribution in [2.24, 2.45) is 5.73 Å². The first-order chi connectivity index (χ1) is 7.66. The summed E-state index contributed by atoms with van der Waals surface area (Å²) in [4.78, 5) is 15.0. The van der Waals surface area contributed by atoms with Gasteiger partial charge < -0.3 is 10.3 Å². The first-order valence-corrected chi connectivity index (χ1v) is 5.03. The van der Waals surface area contributed by atoms with Crippen molar-refractivity contribution in [2.45, 2.75) is 13.5 Å². The van der Waals surface area contributed by atoms with Gasteiger partial charge >= 0.3 is 0 Å². The molecule has 0 unspecified atom stereocenters. The molecule has 1 aromatic carbocycles. The molecule has 0 aliphatic rings. The lowest BCUT2D eigenvalue weighted by molar-refractivity contribution is 0.100. The normalized spacial score (nSPS) is 10.3. The van der Waals surface area contributed by atoms with Crippen LogP contribution in [0.4, 0.5) is 0 Å². The Balaban J connectivity index is 2.17. The molecule has 0 atom stereocenters. The second kappa shape index (κ2) is 4.18. The van der Waals surface area contributed by atoms with E-state index in [1.807, 2.05) is 29.8 Å². The van der Waals surface area contributed by atoms with Gasteiger partial charge in [0.05, 0.1) is 0 Å². The van der Waals surface area contributed by atoms with Crippen LogP contribution in [0, 0.1) is 6.92 Å². The highest BCUT2D eigenvalue weighted by molar-refractivity contribution is 5.92. The van der Waals surface area contributed by atoms with Crippen molar-refractivity contribution < 1.29 is 4.79 Å². The van der Waals surface area contributed by atoms with E-state index >= 15 is 0 Å². The largest absolute Gasteiger partial charge is 0.366 e. The molecule has 1 heterocycles. The van der Waals surface area contributed by atoms with Crippen LogP contribution in [-0.4, -0.2) is 15.5 Å². The number of nitrogens with two attached hydrogens (primary N) is 1. The standard InChI is InChI=1S/C12H13N3O/c1-9-14-6-7-15(9)8-10-2-4-11(5-3-10)12(13)16/h2-7H,8H2,1H3,(H2,13,16). The van der Waals surface area contributed by atoms with Crippen LogP contribution in [-0.2, 0) is 6.54 Å². The summed E-state index contributed by atoms with van der Waals surface area (Å²) in [5.41, 5.74) is 6.82. The fourth-order valence-corrected chi connectivity index (χ4v) is 1.54. The van der Waals surface area contributed by atoms with Gasteiger partial charge in [-0.15, -0.1) is 0 Å². The molecule has 0 bridgehead atoms. The summed E-state index contributed by atoms with van der Waals surface area (Å²) >= 11 is 0. The molecule has 0 aliphatic carbocycles. The summed E-state index contributed by atoms with van der Waals surface area (Å²) in [6, 6.07) is 7.28. The van der Waals surface area contributed by atoms with Crippen molar-refractivity contribution >= 4 is 5.91 Å². The molecule has 2 N–H and O–H groups in total. The third-order valence-corrected chi connectivity index (χ3v) is 2.52. The number of carbonyl (C=O) groups excluding carboxylic acids is 1. The highest BCUT2D eigenvalue weighted by Crippen LogP contribution is 2.07. The number of hydrogen-bond acceptors (Lipinski definition) is 2. The summed E-state index contributed by atoms with van der Waals surface area (Å²) in [5, 5.41) is 0. The van der Waals surface area contributed by atoms with Crippen molar-refractivity contribution in [3.8, 4) is 0 Å². The summed E-state index contributed by atoms with van der Waals surface area (Å²) in [6.45, 7) is 2.71. The van der Waals surface area contributed by atoms with E-state index in [2.05, 4.69) is 4.98 Å². The van der Waals surface area contributed by atoms with Crippen molar-refractivity contribution in [1.29, 1.82) is 0 Å². The number of amides is 1. The Labute approximate surface area is 93.7 Å². The first-order valence-electron chi connectivity index (χ1n) is 5.03. The van der Waals surface area contributed by atoms with E-state index in [4.69, 9.17) is 5.73 Å². The zero-order valence-electron chi connectivity index (χ0n) is 9.05. The van der Waals surface area contributed by atoms with E-state index in [0.29, 0.717) is 5.56 Å². The van der Waals surface area contributed by atoms with Crippen LogP contribution in [0.2, 0.25) is 0 Å². The molecule has 2 rings (SSSR count). The Kier molecular flexibility index (Phi) is 2.72. The van der Waals surface area contributed by atoms with E-state index in [9.17, 15) is 4.79 Å². The molecule has 4 heteroatoms. The minimum absolute atomic E-state index is 0.398. The van der Waals surface area contributed by atoms with E-state index in [1.54, 1.807) is 18.3 Å². The molecule has 82 valence electrons. The molecule has 1 amide bonds. The maximum Gasteiger partial charge on any atom is 0.248 e. The minimum atomic E-state index is -0.398. The van der Waals surface area contributed by atoms with Crippen molar-refractivity contribution in [1.82, 2.24) is 9.55 Å². The SMILES string of the molecule is Cc1nccn1Cc1ccc(C(N)=O)cc1. The maximum absolute atomic E-state index is 10.9. The van der Waals surface area contributed by atoms with Gasteiger partial charge in [0.25, 0.3) is 0 Å². The third-order valence-electron chi connectivity index (χ3n) is 2.52. The number of benzene rings is 1. The van der Waals surface area contributed by atoms with Crippen LogP contribution >= 0.6 is 0 Å². The monoisotopic (exact) mass is 215 g/mol. The number of hydrogen-bond donors (Lipinski definition) is 1. The Morgan fingerprint density at radius 3 is 2.56 bits per heavy atom. The number of aryl methyl sites for hydroxylation is 1. The predicted octanol–water partition coefficient (Wildman–Crippen LogP) is 1.34. The molecule has 0 radical (unpaired) electrons. The first kappa shape index (κ1) is 10.4. The van der Waals surface area contributed by atoms with Crippen LogP contribution in [0.3, 0.4) is 0 Å². The molecule has 1 aromatic heterocycles. The van der Waals surface area contributed by atoms with Gasteiger partial charge in [0, 0.05) is 24.5 Å². The molecule has 0 fully saturated rings. The lowest BCUT2D eigenvalue weighted by atomic mass is 10.1. The Bertz CT molecular complexity index is 499. The molecule has 2 aromatic rings. The zero-order chi connectivity index (χ0) is 11.5. The Hall–Kier alpha value is -2.10. The lowest BCUT2D eigenvalue weighted by Crippen LogP contribution is -2.10. The van der Waals surface area contributed by atoms with Gasteiger partial charge in [-0.25, -0.2) is 4.98 Å². The average Bonchev–Trinajstić information content (AvgIpc) is 2.65. The fourth-order valence-electron chi connectivity index (χ4n) is 1.54. The zero-order valence-corrected chi connectivity index (χ0v) is 9.05. The number of nitrogens with zero attached hydrogens (tertiary/aromatic N) is 2. The fraction of sp³-hybridized carbons (Fsp3) is 0.167. The summed E-state index contributed by atoms with van der Waals surface area (Å²) in [5.74, 6) is 0.573. The van der Waals surface area contributed by atoms with E-state index in [1.165, 1.54) is 0 Å². The molecule has 0 aliphatic heterocycles. The van der Waals surface area contributed by atoms with Gasteiger partial charge in [0.15, 0.2) is 0 Å². The van der Waals surface area contributed by atoms with Crippen molar-refractivity contribution in [3.05, 3.63) is 53.6 Å². The smallest absolute Gasteiger partial charge is 0.248 e. The second-order valence-corrected chi connectivity index (χ2v) is 3.66. The maximum atomic E-state index is 10.9. The van der Waals surface area contributed by atoms with Gasteiger partial charge in [-0.1, -0.05) is 12.1 Å². The summed E-state index contributed by atoms with van der Waals surface area (Å²) in [6.07, 6.45) is 3.70. The molecule has 4 nitrogen and oxygen atoms in total. The van der Waals surface area contributed by atoms with Crippen LogP contribution in [0.25, 0.3) is 0 Å². The van der Waals surface area contributed by atoms with E-state index in [-0.39, 0.29) is 0 Å². The molecular formula is C12H13N3O. The molecule has 0 saturated heterocycles. The average molecular weight is 215 g/mol. The lowest BCUT2D eigenvalue weighted by Gasteiger charge is -2.05. The molecule has 16 heavy (non-hydrogen) atoms. The highest BCUT2D eigenvalue weighted by Gasteiger charge is 2.01. The van der Waals surface area contributed by atoms with Crippen LogP contribution in [0.5, 0.6) is 0 Å². The molecular weight excluding hydrogens is 202 g/mol. The van der Waals surface area contributed by atoms with Gasteiger partial charge in [0.1, 0.15) is 5.82 Å². The number of aromatic nitrogens is 2. The third kappa shape index (κ3) is 2.11. The Morgan fingerprint density at radius 1 is 1.38 bits per heavy atom. The Morgan fingerprint density at radius 2 is 2.06 bits per heavy atom. The number of primary amides is 1. The van der Waals surface area contributed by atoms with Gasteiger partial charge in [0.2, 0.25) is 5.91 Å². The van der Waals surface area contributed by atoms with Gasteiger partial charge in [-0.05, 0) is 24.6 Å². The quantitative estimate of drug-likeness (QED) is 0.839. The van der Waals surface area contributed by atoms with Crippen LogP contribution in [0.15, 0.2) is 36.7 Å². The van der Waals surface area contributed by atoms with Gasteiger partial charge in [-0.2, -0.15) is 0 Å². The number of imidazole rings is 1. The van der Waals surface area contributed by atoms with Gasteiger partial charge in [-0.3, -0.25) is 4.79 Å². The predicted molar refractivity (Wildman–Crippen MR) is 61.0 cm³/mol. The van der Waals surface area contributed by atoms with Crippen molar-refractivity contribution in [2.75, 3.05) is 0 Å². The number of rotatable bonds is 3. The molecule has 0 spiro atoms. The van der Waals surface area contributed by atoms with E-state index < -0.39 is 5.91 Å². The summed E-state index contributed by atoms with van der Waals surface area (Å²) < 4.78 is 2.04. The van der Waals surface area contributed by atoms with Crippen LogP contribution < -0.4 is 5.73 Å². The molecule has 0 saturated carbocycles. The topological polar surface area (TPSA) is 60.9 Å². The van der Waals surface area contributed by atoms with Crippen molar-refractivity contribution in [3.63, 3.8) is 0 Å². The van der Waals surface area contributed by atoms with E-state index in [0.717, 1.165) is 17.9 Å².